The fourth-order valence-electron chi connectivity index (χ4n) is 2.20. The molecule has 0 aliphatic carbocycles. The van der Waals surface area contributed by atoms with Crippen LogP contribution >= 0.6 is 38.9 Å². The van der Waals surface area contributed by atoms with Crippen LogP contribution in [0.1, 0.15) is 11.3 Å². The van der Waals surface area contributed by atoms with E-state index in [0.717, 1.165) is 27.8 Å². The van der Waals surface area contributed by atoms with E-state index < -0.39 is 0 Å². The SMILES string of the molecule is CNCC1CCN(Cc2cc(Br)c(Cl)s2)C1. The minimum absolute atomic E-state index is 0.809. The fraction of sp³-hybridized carbons (Fsp3) is 0.636. The average Bonchev–Trinajstić information content (AvgIpc) is 2.77. The molecule has 1 aromatic heterocycles. The molecule has 1 atom stereocenters. The summed E-state index contributed by atoms with van der Waals surface area (Å²) in [6, 6.07) is 2.14. The molecule has 1 aromatic rings. The van der Waals surface area contributed by atoms with Crippen molar-refractivity contribution < 1.29 is 0 Å². The van der Waals surface area contributed by atoms with Gasteiger partial charge in [-0.2, -0.15) is 0 Å². The van der Waals surface area contributed by atoms with Crippen LogP contribution < -0.4 is 5.32 Å². The van der Waals surface area contributed by atoms with Gasteiger partial charge in [-0.15, -0.1) is 11.3 Å². The Morgan fingerprint density at radius 2 is 2.50 bits per heavy atom. The van der Waals surface area contributed by atoms with Crippen molar-refractivity contribution >= 4 is 38.9 Å². The van der Waals surface area contributed by atoms with Gasteiger partial charge in [-0.05, 0) is 54.5 Å². The molecular weight excluding hydrogens is 308 g/mol. The van der Waals surface area contributed by atoms with E-state index in [1.807, 2.05) is 7.05 Å². The highest BCUT2D eigenvalue weighted by molar-refractivity contribution is 9.10. The van der Waals surface area contributed by atoms with Crippen LogP contribution in [0.2, 0.25) is 4.34 Å². The molecule has 1 unspecified atom stereocenters. The van der Waals surface area contributed by atoms with Gasteiger partial charge < -0.3 is 5.32 Å². The molecule has 2 rings (SSSR count). The van der Waals surface area contributed by atoms with E-state index in [1.54, 1.807) is 11.3 Å². The van der Waals surface area contributed by atoms with Gasteiger partial charge in [0.25, 0.3) is 0 Å². The number of rotatable bonds is 4. The molecule has 16 heavy (non-hydrogen) atoms. The number of nitrogens with zero attached hydrogens (tertiary/aromatic N) is 1. The van der Waals surface area contributed by atoms with Crippen LogP contribution in [0.15, 0.2) is 10.5 Å². The van der Waals surface area contributed by atoms with Gasteiger partial charge in [0.15, 0.2) is 0 Å². The van der Waals surface area contributed by atoms with Crippen molar-refractivity contribution in [2.24, 2.45) is 5.92 Å². The Kier molecular flexibility index (Phi) is 4.67. The number of hydrogen-bond donors (Lipinski definition) is 1. The second-order valence-corrected chi connectivity index (χ2v) is 6.88. The molecular formula is C11H16BrClN2S. The van der Waals surface area contributed by atoms with E-state index >= 15 is 0 Å². The highest BCUT2D eigenvalue weighted by Crippen LogP contribution is 2.33. The lowest BCUT2D eigenvalue weighted by molar-refractivity contribution is 0.318. The van der Waals surface area contributed by atoms with E-state index in [2.05, 4.69) is 32.2 Å². The van der Waals surface area contributed by atoms with Crippen LogP contribution in [0.5, 0.6) is 0 Å². The van der Waals surface area contributed by atoms with Crippen molar-refractivity contribution in [1.29, 1.82) is 0 Å². The molecule has 2 heterocycles. The molecule has 1 aliphatic heterocycles. The van der Waals surface area contributed by atoms with Crippen LogP contribution in [0, 0.1) is 5.92 Å². The van der Waals surface area contributed by atoms with Gasteiger partial charge in [0.1, 0.15) is 4.34 Å². The van der Waals surface area contributed by atoms with Crippen molar-refractivity contribution in [1.82, 2.24) is 10.2 Å². The van der Waals surface area contributed by atoms with E-state index in [1.165, 1.54) is 24.4 Å². The second kappa shape index (κ2) is 5.83. The van der Waals surface area contributed by atoms with Gasteiger partial charge in [0, 0.05) is 22.4 Å². The van der Waals surface area contributed by atoms with Crippen molar-refractivity contribution in [2.45, 2.75) is 13.0 Å². The lowest BCUT2D eigenvalue weighted by atomic mass is 10.1. The summed E-state index contributed by atoms with van der Waals surface area (Å²) >= 11 is 11.2. The third-order valence-corrected chi connectivity index (χ3v) is 5.40. The van der Waals surface area contributed by atoms with Crippen LogP contribution in [-0.4, -0.2) is 31.6 Å². The van der Waals surface area contributed by atoms with Crippen molar-refractivity contribution in [2.75, 3.05) is 26.7 Å². The first-order chi connectivity index (χ1) is 7.69. The van der Waals surface area contributed by atoms with Gasteiger partial charge in [0.05, 0.1) is 0 Å². The van der Waals surface area contributed by atoms with Gasteiger partial charge in [-0.3, -0.25) is 4.90 Å². The highest BCUT2D eigenvalue weighted by Gasteiger charge is 2.22. The molecule has 0 spiro atoms. The Morgan fingerprint density at radius 3 is 3.12 bits per heavy atom. The maximum Gasteiger partial charge on any atom is 0.107 e. The largest absolute Gasteiger partial charge is 0.319 e. The molecule has 0 saturated carbocycles. The van der Waals surface area contributed by atoms with E-state index in [-0.39, 0.29) is 0 Å². The van der Waals surface area contributed by atoms with Crippen LogP contribution in [-0.2, 0) is 6.54 Å². The molecule has 1 aliphatic rings. The summed E-state index contributed by atoms with van der Waals surface area (Å²) in [5.41, 5.74) is 0. The van der Waals surface area contributed by atoms with E-state index in [9.17, 15) is 0 Å². The van der Waals surface area contributed by atoms with Crippen LogP contribution in [0.4, 0.5) is 0 Å². The summed E-state index contributed by atoms with van der Waals surface area (Å²) < 4.78 is 1.89. The number of likely N-dealkylation sites (tertiary alicyclic amines) is 1. The third kappa shape index (κ3) is 3.20. The summed E-state index contributed by atoms with van der Waals surface area (Å²) in [4.78, 5) is 3.86. The second-order valence-electron chi connectivity index (χ2n) is 4.28. The lowest BCUT2D eigenvalue weighted by Crippen LogP contribution is -2.24. The van der Waals surface area contributed by atoms with Crippen molar-refractivity contribution in [3.63, 3.8) is 0 Å². The lowest BCUT2D eigenvalue weighted by Gasteiger charge is -2.14. The molecule has 2 nitrogen and oxygen atoms in total. The van der Waals surface area contributed by atoms with Gasteiger partial charge in [-0.25, -0.2) is 0 Å². The first-order valence-electron chi connectivity index (χ1n) is 5.49. The minimum atomic E-state index is 0.809. The zero-order chi connectivity index (χ0) is 11.5. The van der Waals surface area contributed by atoms with Crippen molar-refractivity contribution in [3.05, 3.63) is 19.8 Å². The summed E-state index contributed by atoms with van der Waals surface area (Å²) in [6.07, 6.45) is 1.31. The average molecular weight is 324 g/mol. The van der Waals surface area contributed by atoms with E-state index in [4.69, 9.17) is 11.6 Å². The third-order valence-electron chi connectivity index (χ3n) is 2.94. The zero-order valence-electron chi connectivity index (χ0n) is 9.30. The van der Waals surface area contributed by atoms with E-state index in [0.29, 0.717) is 0 Å². The topological polar surface area (TPSA) is 15.3 Å². The number of hydrogen-bond acceptors (Lipinski definition) is 3. The minimum Gasteiger partial charge on any atom is -0.319 e. The van der Waals surface area contributed by atoms with Gasteiger partial charge in [-0.1, -0.05) is 11.6 Å². The quantitative estimate of drug-likeness (QED) is 0.915. The Morgan fingerprint density at radius 1 is 1.69 bits per heavy atom. The summed E-state index contributed by atoms with van der Waals surface area (Å²) in [5.74, 6) is 0.809. The number of nitrogens with one attached hydrogen (secondary N) is 1. The number of thiophene rings is 1. The zero-order valence-corrected chi connectivity index (χ0v) is 12.5. The number of halogens is 2. The van der Waals surface area contributed by atoms with Crippen LogP contribution in [0.3, 0.4) is 0 Å². The first-order valence-corrected chi connectivity index (χ1v) is 7.48. The van der Waals surface area contributed by atoms with Crippen molar-refractivity contribution in [3.8, 4) is 0 Å². The molecule has 0 bridgehead atoms. The Hall–Kier alpha value is 0.390. The monoisotopic (exact) mass is 322 g/mol. The Balaban J connectivity index is 1.87. The predicted molar refractivity (Wildman–Crippen MR) is 74.3 cm³/mol. The molecule has 5 heteroatoms. The molecule has 0 radical (unpaired) electrons. The molecule has 0 aromatic carbocycles. The Bertz CT molecular complexity index is 336. The predicted octanol–water partition coefficient (Wildman–Crippen LogP) is 3.21. The fourth-order valence-corrected chi connectivity index (χ4v) is 4.03. The van der Waals surface area contributed by atoms with Gasteiger partial charge >= 0.3 is 0 Å². The standard InChI is InChI=1S/C11H16BrClN2S/c1-14-5-8-2-3-15(6-8)7-9-4-10(12)11(13)16-9/h4,8,14H,2-3,5-7H2,1H3. The maximum absolute atomic E-state index is 6.04. The highest BCUT2D eigenvalue weighted by atomic mass is 79.9. The molecule has 1 saturated heterocycles. The Labute approximate surface area is 114 Å². The molecule has 0 amide bonds. The van der Waals surface area contributed by atoms with Gasteiger partial charge in [0.2, 0.25) is 0 Å². The normalized spacial score (nSPS) is 21.8. The molecule has 1 N–H and O–H groups in total. The summed E-state index contributed by atoms with van der Waals surface area (Å²) in [7, 11) is 2.03. The first kappa shape index (κ1) is 12.8. The maximum atomic E-state index is 6.04. The summed E-state index contributed by atoms with van der Waals surface area (Å²) in [5, 5.41) is 3.25. The van der Waals surface area contributed by atoms with Crippen LogP contribution in [0.25, 0.3) is 0 Å². The smallest absolute Gasteiger partial charge is 0.107 e. The molecule has 1 fully saturated rings. The summed E-state index contributed by atoms with van der Waals surface area (Å²) in [6.45, 7) is 4.58. The molecule has 90 valence electrons.